The number of hydrogen-bond donors (Lipinski definition) is 2. The van der Waals surface area contributed by atoms with Gasteiger partial charge in [0.05, 0.1) is 0 Å². The zero-order valence-corrected chi connectivity index (χ0v) is 13.0. The summed E-state index contributed by atoms with van der Waals surface area (Å²) in [7, 11) is 0. The van der Waals surface area contributed by atoms with Crippen LogP contribution in [0.4, 0.5) is 0 Å². The predicted octanol–water partition coefficient (Wildman–Crippen LogP) is 4.50. The molecule has 0 unspecified atom stereocenters. The van der Waals surface area contributed by atoms with E-state index in [1.807, 2.05) is 13.8 Å². The summed E-state index contributed by atoms with van der Waals surface area (Å²) in [4.78, 5) is 12.1. The number of hydrogen-bond acceptors (Lipinski definition) is 4. The average molecular weight is 310 g/mol. The van der Waals surface area contributed by atoms with Crippen molar-refractivity contribution < 1.29 is 19.7 Å². The van der Waals surface area contributed by atoms with Crippen LogP contribution in [0.15, 0.2) is 60.7 Å². The first kappa shape index (κ1) is 16.4. The van der Waals surface area contributed by atoms with Crippen molar-refractivity contribution in [1.82, 2.24) is 0 Å². The number of carbonyl (C=O) groups is 1. The molecule has 23 heavy (non-hydrogen) atoms. The van der Waals surface area contributed by atoms with Gasteiger partial charge in [-0.25, -0.2) is 4.79 Å². The van der Waals surface area contributed by atoms with Crippen LogP contribution in [0, 0.1) is 0 Å². The number of phenols is 2. The average Bonchev–Trinajstić information content (AvgIpc) is 2.61. The summed E-state index contributed by atoms with van der Waals surface area (Å²) in [5.74, 6) is -0.637. The highest BCUT2D eigenvalue weighted by Gasteiger charge is 2.18. The zero-order valence-electron chi connectivity index (χ0n) is 13.0. The van der Waals surface area contributed by atoms with E-state index in [0.29, 0.717) is 16.5 Å². The summed E-state index contributed by atoms with van der Waals surface area (Å²) in [6.45, 7) is 4.00. The lowest BCUT2D eigenvalue weighted by atomic mass is 10.0. The van der Waals surface area contributed by atoms with E-state index in [0.717, 1.165) is 0 Å². The van der Waals surface area contributed by atoms with Crippen molar-refractivity contribution in [3.63, 3.8) is 0 Å². The molecule has 0 saturated heterocycles. The highest BCUT2D eigenvalue weighted by Crippen LogP contribution is 2.35. The molecule has 0 aliphatic rings. The molecule has 4 nitrogen and oxygen atoms in total. The van der Waals surface area contributed by atoms with E-state index in [4.69, 9.17) is 4.74 Å². The lowest BCUT2D eigenvalue weighted by Crippen LogP contribution is -2.08. The molecule has 0 aromatic heterocycles. The molecule has 3 aromatic carbocycles. The van der Waals surface area contributed by atoms with Crippen LogP contribution in [-0.2, 0) is 0 Å². The van der Waals surface area contributed by atoms with Crippen LogP contribution in [0.3, 0.4) is 0 Å². The summed E-state index contributed by atoms with van der Waals surface area (Å²) in [5, 5.41) is 21.1. The number of ether oxygens (including phenoxy) is 1. The molecule has 0 bridgehead atoms. The predicted molar refractivity (Wildman–Crippen MR) is 90.0 cm³/mol. The van der Waals surface area contributed by atoms with Crippen molar-refractivity contribution in [2.45, 2.75) is 13.8 Å². The first-order valence-electron chi connectivity index (χ1n) is 7.37. The van der Waals surface area contributed by atoms with E-state index < -0.39 is 5.97 Å². The van der Waals surface area contributed by atoms with Crippen molar-refractivity contribution in [2.24, 2.45) is 0 Å². The van der Waals surface area contributed by atoms with Gasteiger partial charge in [0.2, 0.25) is 0 Å². The first-order chi connectivity index (χ1) is 11.2. The molecule has 3 rings (SSSR count). The summed E-state index contributed by atoms with van der Waals surface area (Å²) >= 11 is 0. The minimum atomic E-state index is -0.722. The summed E-state index contributed by atoms with van der Waals surface area (Å²) in [6, 6.07) is 16.5. The third kappa shape index (κ3) is 3.43. The van der Waals surface area contributed by atoms with E-state index >= 15 is 0 Å². The van der Waals surface area contributed by atoms with E-state index in [1.165, 1.54) is 6.07 Å². The Kier molecular flexibility index (Phi) is 5.20. The van der Waals surface area contributed by atoms with Gasteiger partial charge in [0.1, 0.15) is 22.8 Å². The number of benzene rings is 3. The molecular weight excluding hydrogens is 292 g/mol. The Labute approximate surface area is 134 Å². The minimum Gasteiger partial charge on any atom is -0.507 e. The monoisotopic (exact) mass is 310 g/mol. The molecule has 0 spiro atoms. The number of phenolic OH excluding ortho intramolecular Hbond substituents is 2. The molecular formula is C19H18O4. The molecule has 0 radical (unpaired) electrons. The van der Waals surface area contributed by atoms with Crippen LogP contribution in [-0.4, -0.2) is 16.2 Å². The van der Waals surface area contributed by atoms with Crippen molar-refractivity contribution in [3.8, 4) is 17.2 Å². The smallest absolute Gasteiger partial charge is 0.347 e. The normalized spacial score (nSPS) is 9.83. The molecule has 3 aromatic rings. The van der Waals surface area contributed by atoms with Gasteiger partial charge >= 0.3 is 5.97 Å². The van der Waals surface area contributed by atoms with Gasteiger partial charge in [-0.15, -0.1) is 0 Å². The lowest BCUT2D eigenvalue weighted by Gasteiger charge is -2.09. The molecule has 0 atom stereocenters. The van der Waals surface area contributed by atoms with E-state index in [2.05, 4.69) is 0 Å². The minimum absolute atomic E-state index is 0.0740. The molecule has 0 amide bonds. The second-order valence-electron chi connectivity index (χ2n) is 4.54. The Morgan fingerprint density at radius 1 is 0.870 bits per heavy atom. The number of rotatable bonds is 2. The lowest BCUT2D eigenvalue weighted by molar-refractivity contribution is 0.0731. The second-order valence-corrected chi connectivity index (χ2v) is 4.54. The van der Waals surface area contributed by atoms with Crippen LogP contribution >= 0.6 is 0 Å². The van der Waals surface area contributed by atoms with Crippen LogP contribution in [0.2, 0.25) is 0 Å². The molecule has 4 heteroatoms. The molecule has 0 aliphatic carbocycles. The highest BCUT2D eigenvalue weighted by atomic mass is 16.5. The Balaban J connectivity index is 0.000000924. The standard InChI is InChI=1S/C17H12O4.C2H6/c18-15-10-14(16(19)13-9-5-4-8-12(13)15)17(20)21-11-6-2-1-3-7-11;1-2/h1-10,18-19H;1-2H3. The topological polar surface area (TPSA) is 66.8 Å². The zero-order chi connectivity index (χ0) is 16.8. The fourth-order valence-electron chi connectivity index (χ4n) is 2.15. The van der Waals surface area contributed by atoms with Gasteiger partial charge < -0.3 is 14.9 Å². The highest BCUT2D eigenvalue weighted by molar-refractivity contribution is 6.04. The van der Waals surface area contributed by atoms with Gasteiger partial charge in [-0.3, -0.25) is 0 Å². The van der Waals surface area contributed by atoms with E-state index in [9.17, 15) is 15.0 Å². The summed E-state index contributed by atoms with van der Waals surface area (Å²) in [6.07, 6.45) is 0. The maximum absolute atomic E-state index is 12.1. The van der Waals surface area contributed by atoms with Crippen molar-refractivity contribution >= 4 is 16.7 Å². The van der Waals surface area contributed by atoms with Crippen LogP contribution in [0.5, 0.6) is 17.2 Å². The van der Waals surface area contributed by atoms with Gasteiger partial charge in [-0.1, -0.05) is 56.3 Å². The molecule has 0 aliphatic heterocycles. The Morgan fingerprint density at radius 3 is 2.09 bits per heavy atom. The fourth-order valence-corrected chi connectivity index (χ4v) is 2.15. The molecule has 0 fully saturated rings. The third-order valence-electron chi connectivity index (χ3n) is 3.17. The third-order valence-corrected chi connectivity index (χ3v) is 3.17. The van der Waals surface area contributed by atoms with E-state index in [1.54, 1.807) is 54.6 Å². The van der Waals surface area contributed by atoms with Crippen LogP contribution in [0.25, 0.3) is 10.8 Å². The quantitative estimate of drug-likeness (QED) is 0.415. The number of esters is 1. The second kappa shape index (κ2) is 7.31. The summed E-state index contributed by atoms with van der Waals surface area (Å²) in [5.41, 5.74) is -0.0740. The summed E-state index contributed by atoms with van der Waals surface area (Å²) < 4.78 is 5.18. The van der Waals surface area contributed by atoms with Gasteiger partial charge in [0, 0.05) is 10.8 Å². The Bertz CT molecular complexity index is 810. The van der Waals surface area contributed by atoms with Gasteiger partial charge in [-0.05, 0) is 18.2 Å². The fraction of sp³-hybridized carbons (Fsp3) is 0.105. The molecule has 0 heterocycles. The maximum Gasteiger partial charge on any atom is 0.347 e. The number of aromatic hydroxyl groups is 2. The molecule has 0 saturated carbocycles. The van der Waals surface area contributed by atoms with Crippen molar-refractivity contribution in [1.29, 1.82) is 0 Å². The number of carbonyl (C=O) groups excluding carboxylic acids is 1. The largest absolute Gasteiger partial charge is 0.507 e. The van der Waals surface area contributed by atoms with Crippen molar-refractivity contribution in [2.75, 3.05) is 0 Å². The molecule has 118 valence electrons. The Morgan fingerprint density at radius 2 is 1.43 bits per heavy atom. The van der Waals surface area contributed by atoms with Gasteiger partial charge in [-0.2, -0.15) is 0 Å². The SMILES string of the molecule is CC.O=C(Oc1ccccc1)c1cc(O)c2ccccc2c1O. The van der Waals surface area contributed by atoms with Crippen molar-refractivity contribution in [3.05, 3.63) is 66.2 Å². The van der Waals surface area contributed by atoms with Crippen LogP contribution in [0.1, 0.15) is 24.2 Å². The first-order valence-corrected chi connectivity index (χ1v) is 7.37. The molecule has 2 N–H and O–H groups in total. The number of fused-ring (bicyclic) bond motifs is 1. The van der Waals surface area contributed by atoms with Crippen LogP contribution < -0.4 is 4.74 Å². The van der Waals surface area contributed by atoms with E-state index in [-0.39, 0.29) is 17.1 Å². The van der Waals surface area contributed by atoms with Gasteiger partial charge in [0.15, 0.2) is 0 Å². The maximum atomic E-state index is 12.1. The Hall–Kier alpha value is -3.01. The number of para-hydroxylation sites is 1. The van der Waals surface area contributed by atoms with Gasteiger partial charge in [0.25, 0.3) is 0 Å².